The average molecular weight is 516 g/mol. The Kier molecular flexibility index (Phi) is 10.6. The van der Waals surface area contributed by atoms with Crippen molar-refractivity contribution in [3.8, 4) is 0 Å². The Balaban J connectivity index is 2.43. The van der Waals surface area contributed by atoms with Gasteiger partial charge >= 0.3 is 0 Å². The molecule has 196 valence electrons. The van der Waals surface area contributed by atoms with Crippen molar-refractivity contribution in [2.75, 3.05) is 23.7 Å². The van der Waals surface area contributed by atoms with Crippen molar-refractivity contribution >= 4 is 33.3 Å². The predicted molar refractivity (Wildman–Crippen MR) is 142 cm³/mol. The van der Waals surface area contributed by atoms with Crippen LogP contribution in [0.3, 0.4) is 0 Å². The molecule has 0 radical (unpaired) electrons. The number of Topliss-reactive ketones (excluding diaryl/α,β-unsaturated/α-hetero) is 1. The summed E-state index contributed by atoms with van der Waals surface area (Å²) in [7, 11) is -3.86. The van der Waals surface area contributed by atoms with E-state index in [1.165, 1.54) is 17.9 Å². The van der Waals surface area contributed by atoms with Crippen molar-refractivity contribution in [1.29, 1.82) is 0 Å². The molecule has 0 bridgehead atoms. The first-order valence-corrected chi connectivity index (χ1v) is 14.0. The van der Waals surface area contributed by atoms with Crippen LogP contribution in [0.1, 0.15) is 61.5 Å². The number of nitrogens with one attached hydrogen (secondary N) is 1. The molecule has 0 heterocycles. The lowest BCUT2D eigenvalue weighted by atomic mass is 10.1. The molecule has 2 amide bonds. The number of aryl methyl sites for hydroxylation is 1. The number of sulfonamides is 1. The van der Waals surface area contributed by atoms with E-state index in [2.05, 4.69) is 5.32 Å². The molecular weight excluding hydrogens is 478 g/mol. The number of hydrogen-bond acceptors (Lipinski definition) is 5. The highest BCUT2D eigenvalue weighted by Crippen LogP contribution is 2.21. The standard InChI is InChI=1S/C27H37N3O5S/c1-6-8-16-28-27(33)25(7-2)29(18-22-14-12-20(3)13-15-22)26(32)19-30(36(5,34)35)24-11-9-10-23(17-24)21(4)31/h9-15,17,25H,6-8,16,18-19H2,1-5H3,(H,28,33)/t25-/m1/s1. The van der Waals surface area contributed by atoms with E-state index in [1.54, 1.807) is 18.2 Å². The Labute approximate surface area is 214 Å². The Morgan fingerprint density at radius 1 is 1.03 bits per heavy atom. The molecule has 2 aromatic rings. The summed E-state index contributed by atoms with van der Waals surface area (Å²) in [6, 6.07) is 13.0. The minimum Gasteiger partial charge on any atom is -0.354 e. The fraction of sp³-hybridized carbons (Fsp3) is 0.444. The van der Waals surface area contributed by atoms with Crippen LogP contribution in [0.5, 0.6) is 0 Å². The van der Waals surface area contributed by atoms with E-state index in [-0.39, 0.29) is 23.9 Å². The fourth-order valence-electron chi connectivity index (χ4n) is 3.81. The van der Waals surface area contributed by atoms with E-state index in [0.29, 0.717) is 18.5 Å². The van der Waals surface area contributed by atoms with E-state index >= 15 is 0 Å². The third-order valence-electron chi connectivity index (χ3n) is 5.91. The van der Waals surface area contributed by atoms with Gasteiger partial charge in [-0.25, -0.2) is 8.42 Å². The fourth-order valence-corrected chi connectivity index (χ4v) is 4.65. The summed E-state index contributed by atoms with van der Waals surface area (Å²) in [6.45, 7) is 7.37. The lowest BCUT2D eigenvalue weighted by Crippen LogP contribution is -2.52. The molecule has 0 aromatic heterocycles. The van der Waals surface area contributed by atoms with Crippen LogP contribution >= 0.6 is 0 Å². The Bertz CT molecular complexity index is 1160. The molecule has 0 aliphatic rings. The molecule has 36 heavy (non-hydrogen) atoms. The molecule has 8 nitrogen and oxygen atoms in total. The Morgan fingerprint density at radius 2 is 1.69 bits per heavy atom. The van der Waals surface area contributed by atoms with Gasteiger partial charge in [-0.15, -0.1) is 0 Å². The number of amides is 2. The molecule has 1 atom stereocenters. The van der Waals surface area contributed by atoms with E-state index < -0.39 is 28.5 Å². The van der Waals surface area contributed by atoms with Gasteiger partial charge in [0.1, 0.15) is 12.6 Å². The second kappa shape index (κ2) is 13.2. The summed E-state index contributed by atoms with van der Waals surface area (Å²) < 4.78 is 26.4. The van der Waals surface area contributed by atoms with E-state index in [0.717, 1.165) is 34.5 Å². The molecule has 9 heteroatoms. The van der Waals surface area contributed by atoms with Crippen LogP contribution in [0.4, 0.5) is 5.69 Å². The highest BCUT2D eigenvalue weighted by atomic mass is 32.2. The molecule has 2 aromatic carbocycles. The number of carbonyl (C=O) groups excluding carboxylic acids is 3. The lowest BCUT2D eigenvalue weighted by Gasteiger charge is -2.33. The minimum absolute atomic E-state index is 0.157. The number of nitrogens with zero attached hydrogens (tertiary/aromatic N) is 2. The SMILES string of the molecule is CCCCNC(=O)[C@@H](CC)N(Cc1ccc(C)cc1)C(=O)CN(c1cccc(C(C)=O)c1)S(C)(=O)=O. The monoisotopic (exact) mass is 515 g/mol. The van der Waals surface area contributed by atoms with Crippen LogP contribution in [-0.4, -0.2) is 56.3 Å². The van der Waals surface area contributed by atoms with Crippen molar-refractivity contribution in [3.05, 3.63) is 65.2 Å². The van der Waals surface area contributed by atoms with Gasteiger partial charge in [0.25, 0.3) is 0 Å². The maximum atomic E-state index is 13.7. The van der Waals surface area contributed by atoms with Gasteiger partial charge in [-0.1, -0.05) is 62.2 Å². The molecule has 0 aliphatic heterocycles. The van der Waals surface area contributed by atoms with Crippen molar-refractivity contribution < 1.29 is 22.8 Å². The molecule has 0 saturated heterocycles. The number of rotatable bonds is 13. The topological polar surface area (TPSA) is 104 Å². The first-order chi connectivity index (χ1) is 17.0. The summed E-state index contributed by atoms with van der Waals surface area (Å²) in [5, 5.41) is 2.90. The van der Waals surface area contributed by atoms with E-state index in [4.69, 9.17) is 0 Å². The molecule has 0 aliphatic carbocycles. The van der Waals surface area contributed by atoms with E-state index in [9.17, 15) is 22.8 Å². The summed E-state index contributed by atoms with van der Waals surface area (Å²) in [6.07, 6.45) is 3.13. The van der Waals surface area contributed by atoms with Crippen LogP contribution < -0.4 is 9.62 Å². The molecule has 0 saturated carbocycles. The van der Waals surface area contributed by atoms with Gasteiger partial charge in [0.2, 0.25) is 21.8 Å². The third kappa shape index (κ3) is 8.19. The van der Waals surface area contributed by atoms with Gasteiger partial charge in [0.15, 0.2) is 5.78 Å². The quantitative estimate of drug-likeness (QED) is 0.324. The average Bonchev–Trinajstić information content (AvgIpc) is 2.83. The maximum Gasteiger partial charge on any atom is 0.244 e. The van der Waals surface area contributed by atoms with Crippen molar-refractivity contribution in [1.82, 2.24) is 10.2 Å². The number of unbranched alkanes of at least 4 members (excludes halogenated alkanes) is 1. The number of anilines is 1. The Hall–Kier alpha value is -3.20. The van der Waals surface area contributed by atoms with Crippen LogP contribution in [0.15, 0.2) is 48.5 Å². The first-order valence-electron chi connectivity index (χ1n) is 12.2. The minimum atomic E-state index is -3.86. The van der Waals surface area contributed by atoms with E-state index in [1.807, 2.05) is 45.0 Å². The van der Waals surface area contributed by atoms with Gasteiger partial charge in [-0.05, 0) is 44.4 Å². The summed E-state index contributed by atoms with van der Waals surface area (Å²) in [5.74, 6) is -0.991. The number of ketones is 1. The zero-order valence-electron chi connectivity index (χ0n) is 21.8. The molecule has 0 fully saturated rings. The molecule has 2 rings (SSSR count). The summed E-state index contributed by atoms with van der Waals surface area (Å²) in [4.78, 5) is 40.0. The van der Waals surface area contributed by atoms with Crippen molar-refractivity contribution in [2.24, 2.45) is 0 Å². The van der Waals surface area contributed by atoms with Gasteiger partial charge in [0, 0.05) is 18.7 Å². The summed E-state index contributed by atoms with van der Waals surface area (Å²) >= 11 is 0. The van der Waals surface area contributed by atoms with Crippen LogP contribution in [-0.2, 0) is 26.2 Å². The lowest BCUT2D eigenvalue weighted by molar-refractivity contribution is -0.140. The Morgan fingerprint density at radius 3 is 2.25 bits per heavy atom. The molecule has 0 spiro atoms. The highest BCUT2D eigenvalue weighted by molar-refractivity contribution is 7.92. The summed E-state index contributed by atoms with van der Waals surface area (Å²) in [5.41, 5.74) is 2.45. The molecule has 1 N–H and O–H groups in total. The van der Waals surface area contributed by atoms with Crippen molar-refractivity contribution in [3.63, 3.8) is 0 Å². The number of benzene rings is 2. The smallest absolute Gasteiger partial charge is 0.244 e. The van der Waals surface area contributed by atoms with Crippen LogP contribution in [0, 0.1) is 6.92 Å². The second-order valence-corrected chi connectivity index (χ2v) is 10.9. The second-order valence-electron chi connectivity index (χ2n) is 8.95. The first kappa shape index (κ1) is 29.0. The highest BCUT2D eigenvalue weighted by Gasteiger charge is 2.31. The van der Waals surface area contributed by atoms with Crippen LogP contribution in [0.2, 0.25) is 0 Å². The van der Waals surface area contributed by atoms with Crippen LogP contribution in [0.25, 0.3) is 0 Å². The van der Waals surface area contributed by atoms with Gasteiger partial charge in [-0.3, -0.25) is 18.7 Å². The maximum absolute atomic E-state index is 13.7. The molecular formula is C27H37N3O5S. The zero-order valence-corrected chi connectivity index (χ0v) is 22.6. The van der Waals surface area contributed by atoms with Gasteiger partial charge in [-0.2, -0.15) is 0 Å². The normalized spacial score (nSPS) is 12.0. The number of carbonyl (C=O) groups is 3. The largest absolute Gasteiger partial charge is 0.354 e. The van der Waals surface area contributed by atoms with Crippen molar-refractivity contribution in [2.45, 2.75) is 59.5 Å². The van der Waals surface area contributed by atoms with Gasteiger partial charge in [0.05, 0.1) is 11.9 Å². The zero-order chi connectivity index (χ0) is 26.9. The predicted octanol–water partition coefficient (Wildman–Crippen LogP) is 3.69. The molecule has 0 unspecified atom stereocenters. The third-order valence-corrected chi connectivity index (χ3v) is 7.05. The van der Waals surface area contributed by atoms with Gasteiger partial charge < -0.3 is 10.2 Å². The number of hydrogen-bond donors (Lipinski definition) is 1.